The highest BCUT2D eigenvalue weighted by Gasteiger charge is 2.26. The molecule has 6 nitrogen and oxygen atoms in total. The largest absolute Gasteiger partial charge is 0.383 e. The average Bonchev–Trinajstić information content (AvgIpc) is 3.26. The fourth-order valence-corrected chi connectivity index (χ4v) is 4.37. The van der Waals surface area contributed by atoms with E-state index in [4.69, 9.17) is 4.74 Å². The fraction of sp³-hybridized carbons (Fsp3) is 0.160. The van der Waals surface area contributed by atoms with Gasteiger partial charge in [0.25, 0.3) is 0 Å². The Morgan fingerprint density at radius 2 is 1.67 bits per heavy atom. The minimum Gasteiger partial charge on any atom is -0.383 e. The fourth-order valence-electron chi connectivity index (χ4n) is 3.31. The van der Waals surface area contributed by atoms with Crippen molar-refractivity contribution in [2.75, 3.05) is 19.0 Å². The van der Waals surface area contributed by atoms with E-state index >= 15 is 0 Å². The molecular weight excluding hydrogens is 439 g/mol. The molecule has 1 aromatic heterocycles. The number of methoxy groups -OCH3 is 1. The molecule has 0 saturated heterocycles. The van der Waals surface area contributed by atoms with Crippen LogP contribution in [-0.2, 0) is 16.1 Å². The van der Waals surface area contributed by atoms with Gasteiger partial charge in [-0.3, -0.25) is 9.36 Å². The summed E-state index contributed by atoms with van der Waals surface area (Å²) in [5.74, 6) is 0.114. The summed E-state index contributed by atoms with van der Waals surface area (Å²) < 4.78 is 20.5. The Hall–Kier alpha value is -3.49. The first-order valence-corrected chi connectivity index (χ1v) is 11.3. The van der Waals surface area contributed by atoms with E-state index in [-0.39, 0.29) is 11.7 Å². The Kier molecular flexibility index (Phi) is 7.49. The van der Waals surface area contributed by atoms with Crippen LogP contribution in [-0.4, -0.2) is 34.4 Å². The molecule has 0 unspecified atom stereocenters. The summed E-state index contributed by atoms with van der Waals surface area (Å²) in [7, 11) is 1.64. The second-order valence-corrected chi connectivity index (χ2v) is 8.29. The number of aromatic nitrogens is 3. The van der Waals surface area contributed by atoms with Crippen LogP contribution in [0.3, 0.4) is 0 Å². The number of benzene rings is 3. The second kappa shape index (κ2) is 10.9. The minimum atomic E-state index is -0.592. The van der Waals surface area contributed by atoms with E-state index in [1.54, 1.807) is 7.11 Å². The van der Waals surface area contributed by atoms with Crippen molar-refractivity contribution >= 4 is 23.4 Å². The van der Waals surface area contributed by atoms with Crippen LogP contribution in [0.4, 0.5) is 10.1 Å². The first kappa shape index (κ1) is 22.7. The van der Waals surface area contributed by atoms with Gasteiger partial charge in [0, 0.05) is 18.4 Å². The molecule has 0 radical (unpaired) electrons. The topological polar surface area (TPSA) is 69.0 Å². The quantitative estimate of drug-likeness (QED) is 0.346. The third-order valence-electron chi connectivity index (χ3n) is 4.94. The van der Waals surface area contributed by atoms with Crippen molar-refractivity contribution < 1.29 is 13.9 Å². The first-order chi connectivity index (χ1) is 16.2. The lowest BCUT2D eigenvalue weighted by molar-refractivity contribution is -0.115. The molecule has 168 valence electrons. The maximum atomic E-state index is 13.3. The van der Waals surface area contributed by atoms with Crippen molar-refractivity contribution in [1.82, 2.24) is 14.8 Å². The van der Waals surface area contributed by atoms with E-state index in [0.717, 1.165) is 11.1 Å². The normalized spacial score (nSPS) is 11.8. The molecule has 3 aromatic carbocycles. The van der Waals surface area contributed by atoms with Crippen LogP contribution in [0.1, 0.15) is 10.8 Å². The molecule has 8 heteroatoms. The number of amides is 1. The van der Waals surface area contributed by atoms with Gasteiger partial charge in [-0.2, -0.15) is 0 Å². The third-order valence-corrected chi connectivity index (χ3v) is 6.18. The maximum absolute atomic E-state index is 13.3. The van der Waals surface area contributed by atoms with Crippen LogP contribution in [0, 0.1) is 5.82 Å². The molecule has 4 aromatic rings. The Bertz CT molecular complexity index is 1180. The molecular formula is C25H23FN4O2S. The lowest BCUT2D eigenvalue weighted by Gasteiger charge is -2.17. The van der Waals surface area contributed by atoms with Gasteiger partial charge in [-0.1, -0.05) is 72.4 Å². The molecule has 0 aliphatic carbocycles. The number of carbonyl (C=O) groups excluding carboxylic acids is 1. The highest BCUT2D eigenvalue weighted by Crippen LogP contribution is 2.37. The van der Waals surface area contributed by atoms with Crippen molar-refractivity contribution in [3.8, 4) is 11.4 Å². The number of hydrogen-bond acceptors (Lipinski definition) is 5. The Labute approximate surface area is 195 Å². The zero-order valence-corrected chi connectivity index (χ0v) is 18.8. The van der Waals surface area contributed by atoms with E-state index in [1.165, 1.54) is 36.0 Å². The summed E-state index contributed by atoms with van der Waals surface area (Å²) in [6.45, 7) is 1.01. The van der Waals surface area contributed by atoms with Crippen molar-refractivity contribution in [1.29, 1.82) is 0 Å². The van der Waals surface area contributed by atoms with E-state index in [0.29, 0.717) is 29.8 Å². The van der Waals surface area contributed by atoms with E-state index in [9.17, 15) is 9.18 Å². The van der Waals surface area contributed by atoms with Gasteiger partial charge in [0.05, 0.1) is 13.2 Å². The van der Waals surface area contributed by atoms with Crippen LogP contribution in [0.2, 0.25) is 0 Å². The van der Waals surface area contributed by atoms with Crippen molar-refractivity contribution in [2.24, 2.45) is 0 Å². The number of nitrogens with zero attached hydrogens (tertiary/aromatic N) is 3. The highest BCUT2D eigenvalue weighted by atomic mass is 32.2. The molecule has 33 heavy (non-hydrogen) atoms. The van der Waals surface area contributed by atoms with Crippen LogP contribution in [0.25, 0.3) is 11.4 Å². The average molecular weight is 463 g/mol. The smallest absolute Gasteiger partial charge is 0.242 e. The molecule has 1 heterocycles. The molecule has 4 rings (SSSR count). The molecule has 0 aliphatic heterocycles. The second-order valence-electron chi connectivity index (χ2n) is 7.22. The Morgan fingerprint density at radius 1 is 1.00 bits per heavy atom. The van der Waals surface area contributed by atoms with Gasteiger partial charge in [-0.15, -0.1) is 10.2 Å². The predicted molar refractivity (Wildman–Crippen MR) is 127 cm³/mol. The molecule has 0 fully saturated rings. The van der Waals surface area contributed by atoms with Gasteiger partial charge in [0.15, 0.2) is 11.0 Å². The standard InChI is InChI=1S/C25H23FN4O2S/c1-32-17-16-30-23(19-10-6-3-7-11-19)28-29-25(30)33-22(18-8-4-2-5-9-18)24(31)27-21-14-12-20(26)13-15-21/h2-15,22H,16-17H2,1H3,(H,27,31)/t22-/m0/s1. The van der Waals surface area contributed by atoms with Crippen molar-refractivity contribution in [3.05, 3.63) is 96.3 Å². The summed E-state index contributed by atoms with van der Waals surface area (Å²) in [4.78, 5) is 13.3. The van der Waals surface area contributed by atoms with Gasteiger partial charge in [0.1, 0.15) is 11.1 Å². The molecule has 0 bridgehead atoms. The summed E-state index contributed by atoms with van der Waals surface area (Å²) in [5.41, 5.74) is 2.28. The SMILES string of the molecule is COCCn1c(S[C@H](C(=O)Nc2ccc(F)cc2)c2ccccc2)nnc1-c1ccccc1. The van der Waals surface area contributed by atoms with E-state index in [1.807, 2.05) is 65.2 Å². The van der Waals surface area contributed by atoms with Gasteiger partial charge in [0.2, 0.25) is 5.91 Å². The Morgan fingerprint density at radius 3 is 2.33 bits per heavy atom. The van der Waals surface area contributed by atoms with E-state index < -0.39 is 5.25 Å². The molecule has 1 N–H and O–H groups in total. The molecule has 0 saturated carbocycles. The molecule has 0 aliphatic rings. The number of carbonyl (C=O) groups is 1. The first-order valence-electron chi connectivity index (χ1n) is 10.4. The summed E-state index contributed by atoms with van der Waals surface area (Å²) in [6.07, 6.45) is 0. The number of ether oxygens (including phenoxy) is 1. The highest BCUT2D eigenvalue weighted by molar-refractivity contribution is 8.00. The zero-order chi connectivity index (χ0) is 23.0. The van der Waals surface area contributed by atoms with Gasteiger partial charge < -0.3 is 10.1 Å². The molecule has 1 atom stereocenters. The zero-order valence-electron chi connectivity index (χ0n) is 18.0. The van der Waals surface area contributed by atoms with Crippen molar-refractivity contribution in [2.45, 2.75) is 17.0 Å². The number of halogens is 1. The summed E-state index contributed by atoms with van der Waals surface area (Å²) >= 11 is 1.31. The Balaban J connectivity index is 1.66. The minimum absolute atomic E-state index is 0.236. The van der Waals surface area contributed by atoms with E-state index in [2.05, 4.69) is 15.5 Å². The van der Waals surface area contributed by atoms with Crippen molar-refractivity contribution in [3.63, 3.8) is 0 Å². The molecule has 1 amide bonds. The molecule has 0 spiro atoms. The predicted octanol–water partition coefficient (Wildman–Crippen LogP) is 5.20. The number of anilines is 1. The number of thioether (sulfide) groups is 1. The van der Waals surface area contributed by atoms with Crippen LogP contribution >= 0.6 is 11.8 Å². The third kappa shape index (κ3) is 5.66. The lowest BCUT2D eigenvalue weighted by Crippen LogP contribution is -2.20. The van der Waals surface area contributed by atoms with Crippen LogP contribution in [0.15, 0.2) is 90.1 Å². The number of rotatable bonds is 9. The summed E-state index contributed by atoms with van der Waals surface area (Å²) in [6, 6.07) is 24.9. The number of nitrogens with one attached hydrogen (secondary N) is 1. The lowest BCUT2D eigenvalue weighted by atomic mass is 10.1. The van der Waals surface area contributed by atoms with Gasteiger partial charge in [-0.05, 0) is 29.8 Å². The van der Waals surface area contributed by atoms with Crippen LogP contribution in [0.5, 0.6) is 0 Å². The van der Waals surface area contributed by atoms with Gasteiger partial charge >= 0.3 is 0 Å². The van der Waals surface area contributed by atoms with Crippen LogP contribution < -0.4 is 5.32 Å². The number of hydrogen-bond donors (Lipinski definition) is 1. The van der Waals surface area contributed by atoms with Gasteiger partial charge in [-0.25, -0.2) is 4.39 Å². The maximum Gasteiger partial charge on any atom is 0.242 e. The monoisotopic (exact) mass is 462 g/mol. The summed E-state index contributed by atoms with van der Waals surface area (Å²) in [5, 5.41) is 11.7.